The number of nitro benzene ring substituents is 1. The minimum Gasteiger partial charge on any atom is -0.403 e. The number of benzene rings is 2. The summed E-state index contributed by atoms with van der Waals surface area (Å²) in [6.45, 7) is 1.93. The molecule has 0 saturated heterocycles. The number of aryl methyl sites for hydroxylation is 1. The van der Waals surface area contributed by atoms with Crippen molar-refractivity contribution in [2.45, 2.75) is 6.92 Å². The number of hydrogen-bond donors (Lipinski definition) is 1. The predicted octanol–water partition coefficient (Wildman–Crippen LogP) is 3.21. The standard InChI is InChI=1S/C16H12N4O4/c1-10-2-4-11(5-3-10)14(21)17-16-19-18-15(24-16)12-6-8-13(9-7-12)20(22)23/h2-9H,1H3,(H,17,19,21). The first-order valence-corrected chi connectivity index (χ1v) is 6.99. The molecule has 1 aromatic heterocycles. The van der Waals surface area contributed by atoms with Gasteiger partial charge in [0.1, 0.15) is 0 Å². The Hall–Kier alpha value is -3.55. The van der Waals surface area contributed by atoms with Crippen LogP contribution in [0.2, 0.25) is 0 Å². The number of non-ortho nitro benzene ring substituents is 1. The third-order valence-corrected chi connectivity index (χ3v) is 3.28. The maximum atomic E-state index is 12.1. The molecule has 0 aliphatic rings. The van der Waals surface area contributed by atoms with Crippen LogP contribution >= 0.6 is 0 Å². The lowest BCUT2D eigenvalue weighted by atomic mass is 10.1. The van der Waals surface area contributed by atoms with Gasteiger partial charge in [-0.3, -0.25) is 20.2 Å². The fraction of sp³-hybridized carbons (Fsp3) is 0.0625. The van der Waals surface area contributed by atoms with Gasteiger partial charge < -0.3 is 4.42 Å². The Morgan fingerprint density at radius 2 is 1.75 bits per heavy atom. The number of carbonyl (C=O) groups is 1. The van der Waals surface area contributed by atoms with Crippen molar-refractivity contribution in [1.29, 1.82) is 0 Å². The molecular formula is C16H12N4O4. The van der Waals surface area contributed by atoms with Crippen molar-refractivity contribution >= 4 is 17.6 Å². The molecule has 0 unspecified atom stereocenters. The molecule has 0 aliphatic heterocycles. The number of nitro groups is 1. The molecule has 0 spiro atoms. The second-order valence-electron chi connectivity index (χ2n) is 5.04. The molecule has 120 valence electrons. The Labute approximate surface area is 136 Å². The third kappa shape index (κ3) is 3.27. The quantitative estimate of drug-likeness (QED) is 0.582. The highest BCUT2D eigenvalue weighted by atomic mass is 16.6. The fourth-order valence-electron chi connectivity index (χ4n) is 1.99. The van der Waals surface area contributed by atoms with Gasteiger partial charge in [-0.25, -0.2) is 0 Å². The van der Waals surface area contributed by atoms with Crippen molar-refractivity contribution in [3.05, 3.63) is 69.8 Å². The molecule has 8 nitrogen and oxygen atoms in total. The molecule has 0 atom stereocenters. The Balaban J connectivity index is 1.74. The summed E-state index contributed by atoms with van der Waals surface area (Å²) in [7, 11) is 0. The van der Waals surface area contributed by atoms with E-state index < -0.39 is 4.92 Å². The molecule has 0 saturated carbocycles. The van der Waals surface area contributed by atoms with Gasteiger partial charge in [-0.15, -0.1) is 5.10 Å². The Bertz CT molecular complexity index is 885. The first-order valence-electron chi connectivity index (χ1n) is 6.99. The minimum atomic E-state index is -0.495. The number of aromatic nitrogens is 2. The second kappa shape index (κ2) is 6.29. The smallest absolute Gasteiger partial charge is 0.322 e. The SMILES string of the molecule is Cc1ccc(C(=O)Nc2nnc(-c3ccc([N+](=O)[O-])cc3)o2)cc1. The molecule has 1 N–H and O–H groups in total. The number of hydrogen-bond acceptors (Lipinski definition) is 6. The van der Waals surface area contributed by atoms with E-state index in [0.29, 0.717) is 11.1 Å². The maximum absolute atomic E-state index is 12.1. The van der Waals surface area contributed by atoms with Crippen LogP contribution < -0.4 is 5.32 Å². The van der Waals surface area contributed by atoms with Gasteiger partial charge in [0.2, 0.25) is 5.89 Å². The van der Waals surface area contributed by atoms with E-state index in [0.717, 1.165) is 5.56 Å². The van der Waals surface area contributed by atoms with Crippen molar-refractivity contribution in [2.75, 3.05) is 5.32 Å². The van der Waals surface area contributed by atoms with Crippen LogP contribution in [0.1, 0.15) is 15.9 Å². The second-order valence-corrected chi connectivity index (χ2v) is 5.04. The molecular weight excluding hydrogens is 312 g/mol. The van der Waals surface area contributed by atoms with Gasteiger partial charge in [-0.05, 0) is 31.2 Å². The molecule has 0 fully saturated rings. The maximum Gasteiger partial charge on any atom is 0.322 e. The average Bonchev–Trinajstić information content (AvgIpc) is 3.04. The predicted molar refractivity (Wildman–Crippen MR) is 85.5 cm³/mol. The summed E-state index contributed by atoms with van der Waals surface area (Å²) in [5.41, 5.74) is 2.00. The molecule has 0 bridgehead atoms. The van der Waals surface area contributed by atoms with E-state index in [1.165, 1.54) is 24.3 Å². The number of amides is 1. The lowest BCUT2D eigenvalue weighted by Gasteiger charge is -2.00. The summed E-state index contributed by atoms with van der Waals surface area (Å²) in [5.74, 6) is -0.210. The van der Waals surface area contributed by atoms with Crippen molar-refractivity contribution in [2.24, 2.45) is 0 Å². The van der Waals surface area contributed by atoms with Crippen LogP contribution in [0, 0.1) is 17.0 Å². The van der Waals surface area contributed by atoms with E-state index in [1.807, 2.05) is 19.1 Å². The van der Waals surface area contributed by atoms with Gasteiger partial charge >= 0.3 is 6.01 Å². The average molecular weight is 324 g/mol. The zero-order valence-corrected chi connectivity index (χ0v) is 12.6. The number of carbonyl (C=O) groups excluding carboxylic acids is 1. The number of nitrogens with one attached hydrogen (secondary N) is 1. The first-order chi connectivity index (χ1) is 11.5. The Morgan fingerprint density at radius 3 is 2.38 bits per heavy atom. The van der Waals surface area contributed by atoms with E-state index in [1.54, 1.807) is 12.1 Å². The highest BCUT2D eigenvalue weighted by molar-refractivity contribution is 6.03. The molecule has 8 heteroatoms. The number of nitrogens with zero attached hydrogens (tertiary/aromatic N) is 3. The van der Waals surface area contributed by atoms with Crippen LogP contribution in [0.4, 0.5) is 11.7 Å². The van der Waals surface area contributed by atoms with Crippen LogP contribution in [0.5, 0.6) is 0 Å². The molecule has 1 heterocycles. The van der Waals surface area contributed by atoms with Gasteiger partial charge in [0, 0.05) is 23.3 Å². The zero-order valence-electron chi connectivity index (χ0n) is 12.6. The zero-order chi connectivity index (χ0) is 17.1. The number of anilines is 1. The minimum absolute atomic E-state index is 0.0360. The van der Waals surface area contributed by atoms with Crippen LogP contribution in [0.15, 0.2) is 52.9 Å². The fourth-order valence-corrected chi connectivity index (χ4v) is 1.99. The van der Waals surface area contributed by atoms with Crippen LogP contribution in [0.3, 0.4) is 0 Å². The monoisotopic (exact) mass is 324 g/mol. The van der Waals surface area contributed by atoms with Crippen molar-refractivity contribution in [3.63, 3.8) is 0 Å². The molecule has 24 heavy (non-hydrogen) atoms. The van der Waals surface area contributed by atoms with Crippen LogP contribution in [-0.4, -0.2) is 21.0 Å². The van der Waals surface area contributed by atoms with E-state index in [4.69, 9.17) is 4.42 Å². The highest BCUT2D eigenvalue weighted by Crippen LogP contribution is 2.22. The largest absolute Gasteiger partial charge is 0.403 e. The summed E-state index contributed by atoms with van der Waals surface area (Å²) in [5, 5.41) is 20.7. The summed E-state index contributed by atoms with van der Waals surface area (Å²) in [6, 6.07) is 12.7. The summed E-state index contributed by atoms with van der Waals surface area (Å²) in [4.78, 5) is 22.2. The highest BCUT2D eigenvalue weighted by Gasteiger charge is 2.13. The third-order valence-electron chi connectivity index (χ3n) is 3.28. The van der Waals surface area contributed by atoms with Gasteiger partial charge in [0.25, 0.3) is 11.6 Å². The van der Waals surface area contributed by atoms with Gasteiger partial charge in [0.05, 0.1) is 4.92 Å². The van der Waals surface area contributed by atoms with E-state index in [2.05, 4.69) is 15.5 Å². The van der Waals surface area contributed by atoms with Crippen LogP contribution in [0.25, 0.3) is 11.5 Å². The molecule has 3 rings (SSSR count). The molecule has 0 radical (unpaired) electrons. The van der Waals surface area contributed by atoms with Crippen molar-refractivity contribution in [1.82, 2.24) is 10.2 Å². The lowest BCUT2D eigenvalue weighted by Crippen LogP contribution is -2.11. The topological polar surface area (TPSA) is 111 Å². The van der Waals surface area contributed by atoms with E-state index >= 15 is 0 Å². The summed E-state index contributed by atoms with van der Waals surface area (Å²) < 4.78 is 5.36. The molecule has 1 amide bonds. The van der Waals surface area contributed by atoms with E-state index in [-0.39, 0.29) is 23.5 Å². The lowest BCUT2D eigenvalue weighted by molar-refractivity contribution is -0.384. The van der Waals surface area contributed by atoms with Crippen molar-refractivity contribution in [3.8, 4) is 11.5 Å². The normalized spacial score (nSPS) is 10.4. The molecule has 3 aromatic rings. The van der Waals surface area contributed by atoms with Gasteiger partial charge in [-0.1, -0.05) is 22.8 Å². The van der Waals surface area contributed by atoms with E-state index in [9.17, 15) is 14.9 Å². The Kier molecular flexibility index (Phi) is 4.02. The van der Waals surface area contributed by atoms with Crippen molar-refractivity contribution < 1.29 is 14.1 Å². The summed E-state index contributed by atoms with van der Waals surface area (Å²) in [6.07, 6.45) is 0. The number of rotatable bonds is 4. The first kappa shape index (κ1) is 15.3. The van der Waals surface area contributed by atoms with Gasteiger partial charge in [0.15, 0.2) is 0 Å². The Morgan fingerprint density at radius 1 is 1.08 bits per heavy atom. The molecule has 2 aromatic carbocycles. The van der Waals surface area contributed by atoms with Crippen LogP contribution in [-0.2, 0) is 0 Å². The molecule has 0 aliphatic carbocycles. The van der Waals surface area contributed by atoms with Gasteiger partial charge in [-0.2, -0.15) is 0 Å². The summed E-state index contributed by atoms with van der Waals surface area (Å²) >= 11 is 0.